The summed E-state index contributed by atoms with van der Waals surface area (Å²) in [4.78, 5) is 0. The molecular formula is C138H180. The van der Waals surface area contributed by atoms with Crippen molar-refractivity contribution < 1.29 is 0 Å². The lowest BCUT2D eigenvalue weighted by atomic mass is 9.77. The molecule has 0 heterocycles. The maximum absolute atomic E-state index is 2.34. The van der Waals surface area contributed by atoms with E-state index in [1.54, 1.807) is 0 Å². The van der Waals surface area contributed by atoms with Gasteiger partial charge in [0.25, 0.3) is 0 Å². The van der Waals surface area contributed by atoms with Gasteiger partial charge in [-0.25, -0.2) is 0 Å². The summed E-state index contributed by atoms with van der Waals surface area (Å²) in [5.41, 5.74) is 38.1. The van der Waals surface area contributed by atoms with Crippen LogP contribution in [0.5, 0.6) is 0 Å². The zero-order chi connectivity index (χ0) is 103. The van der Waals surface area contributed by atoms with Crippen LogP contribution in [0.15, 0.2) is 328 Å². The number of fused-ring (bicyclic) bond motifs is 1. The monoisotopic (exact) mass is 1840 g/mol. The van der Waals surface area contributed by atoms with Crippen LogP contribution in [0.4, 0.5) is 0 Å². The van der Waals surface area contributed by atoms with E-state index in [0.29, 0.717) is 0 Å². The summed E-state index contributed by atoms with van der Waals surface area (Å²) < 4.78 is 0. The minimum atomic E-state index is 0.154. The summed E-state index contributed by atoms with van der Waals surface area (Å²) in [5.74, 6) is 0. The molecule has 0 saturated carbocycles. The number of hydrogen-bond donors (Lipinski definition) is 0. The summed E-state index contributed by atoms with van der Waals surface area (Å²) in [5, 5.41) is 2.80. The largest absolute Gasteiger partial charge is 0.0619 e. The normalized spacial score (nSPS) is 12.6. The zero-order valence-corrected chi connectivity index (χ0v) is 94.2. The van der Waals surface area contributed by atoms with Crippen LogP contribution in [0.3, 0.4) is 0 Å². The van der Waals surface area contributed by atoms with Crippen molar-refractivity contribution in [3.63, 3.8) is 0 Å². The molecule has 732 valence electrons. The predicted molar refractivity (Wildman–Crippen MR) is 617 cm³/mol. The average Bonchev–Trinajstić information content (AvgIpc) is 0.764. The lowest BCUT2D eigenvalue weighted by molar-refractivity contribution is 0.585. The molecule has 0 saturated heterocycles. The van der Waals surface area contributed by atoms with Gasteiger partial charge in [-0.1, -0.05) is 618 Å². The van der Waals surface area contributed by atoms with E-state index in [1.165, 1.54) is 155 Å². The molecule has 0 atom stereocenters. The highest BCUT2D eigenvalue weighted by Gasteiger charge is 2.29. The summed E-state index contributed by atoms with van der Waals surface area (Å²) in [6.07, 6.45) is 0. The Hall–Kier alpha value is -10.7. The Balaban J connectivity index is 0.000000198. The van der Waals surface area contributed by atoms with Gasteiger partial charge in [-0.2, -0.15) is 0 Å². The van der Waals surface area contributed by atoms with E-state index in [-0.39, 0.29) is 75.8 Å². The van der Waals surface area contributed by atoms with E-state index in [2.05, 4.69) is 618 Å². The molecule has 0 amide bonds. The van der Waals surface area contributed by atoms with E-state index in [1.807, 2.05) is 0 Å². The Morgan fingerprint density at radius 1 is 0.101 bits per heavy atom. The van der Waals surface area contributed by atoms with Crippen LogP contribution in [0.1, 0.15) is 369 Å². The van der Waals surface area contributed by atoms with Gasteiger partial charge in [-0.05, 0) is 231 Å². The van der Waals surface area contributed by atoms with Crippen molar-refractivity contribution in [1.82, 2.24) is 0 Å². The van der Waals surface area contributed by atoms with Gasteiger partial charge < -0.3 is 0 Å². The fourth-order valence-corrected chi connectivity index (χ4v) is 17.4. The highest BCUT2D eigenvalue weighted by Crippen LogP contribution is 2.44. The Bertz CT molecular complexity index is 6000. The first-order valence-electron chi connectivity index (χ1n) is 51.1. The van der Waals surface area contributed by atoms with E-state index in [0.717, 1.165) is 0 Å². The molecule has 0 aliphatic carbocycles. The number of benzene rings is 14. The van der Waals surface area contributed by atoms with Crippen molar-refractivity contribution in [3.05, 3.63) is 405 Å². The van der Waals surface area contributed by atoms with Crippen molar-refractivity contribution in [3.8, 4) is 66.8 Å². The third kappa shape index (κ3) is 32.2. The predicted octanol–water partition coefficient (Wildman–Crippen LogP) is 41.1. The van der Waals surface area contributed by atoms with Gasteiger partial charge in [-0.15, -0.1) is 0 Å². The Morgan fingerprint density at radius 2 is 0.275 bits per heavy atom. The summed E-state index contributed by atoms with van der Waals surface area (Å²) >= 11 is 0. The molecule has 0 aliphatic heterocycles. The van der Waals surface area contributed by atoms with Crippen LogP contribution in [0.25, 0.3) is 77.5 Å². The van der Waals surface area contributed by atoms with Gasteiger partial charge in [0.15, 0.2) is 0 Å². The van der Waals surface area contributed by atoms with Crippen LogP contribution in [-0.4, -0.2) is 0 Å². The molecule has 0 radical (unpaired) electrons. The smallest absolute Gasteiger partial charge is 0.0126 e. The fourth-order valence-electron chi connectivity index (χ4n) is 17.4. The highest BCUT2D eigenvalue weighted by atomic mass is 14.3. The quantitative estimate of drug-likeness (QED) is 0.156. The molecule has 0 fully saturated rings. The Labute approximate surface area is 843 Å². The second-order valence-electron chi connectivity index (χ2n) is 53.0. The highest BCUT2D eigenvalue weighted by molar-refractivity contribution is 5.90. The van der Waals surface area contributed by atoms with Gasteiger partial charge in [0.2, 0.25) is 0 Å². The van der Waals surface area contributed by atoms with Crippen molar-refractivity contribution in [2.75, 3.05) is 0 Å². The van der Waals surface area contributed by atoms with Gasteiger partial charge >= 0.3 is 0 Å². The molecule has 14 aromatic rings. The third-order valence-corrected chi connectivity index (χ3v) is 26.3. The summed E-state index contributed by atoms with van der Waals surface area (Å²) in [6, 6.07) is 120. The van der Waals surface area contributed by atoms with Crippen molar-refractivity contribution in [2.24, 2.45) is 0 Å². The molecule has 0 aromatic heterocycles. The van der Waals surface area contributed by atoms with E-state index in [9.17, 15) is 0 Å². The molecule has 138 heavy (non-hydrogen) atoms. The first-order chi connectivity index (χ1) is 63.3. The second-order valence-corrected chi connectivity index (χ2v) is 53.0. The van der Waals surface area contributed by atoms with Gasteiger partial charge in [0.05, 0.1) is 0 Å². The van der Waals surface area contributed by atoms with E-state index < -0.39 is 0 Å². The molecule has 0 unspecified atom stereocenters. The van der Waals surface area contributed by atoms with Crippen molar-refractivity contribution >= 4 is 10.8 Å². The molecular weight excluding hydrogens is 1660 g/mol. The molecule has 0 N–H and O–H groups in total. The van der Waals surface area contributed by atoms with E-state index >= 15 is 0 Å². The SMILES string of the molecule is CC(C)(C)c1ccc(-c2ccc(C(C)(C)C)cc2)cc1.CC(C)(C)c1ccc(-c2cccc(C(C)(C)C)c2)cc1.CC(C)(C)c1ccc(-c2ccccc2C(C)(C)C)cc1.CC(C)(C)c1ccc(C(C)(C)C)c2ccccc12.CC(C)(C)c1cccc(-c2cccc(C(C)(C)C)c2)c1.CC(C)(C)c1cccc(-c2ccccc2C(C)(C)C)c1.CC(C)(C)c1ccccc1-c1ccccc1C(C)(C)C. The zero-order valence-electron chi connectivity index (χ0n) is 94.2. The first-order valence-corrected chi connectivity index (χ1v) is 51.1. The lowest BCUT2D eigenvalue weighted by Crippen LogP contribution is -2.16. The minimum absolute atomic E-state index is 0.154. The summed E-state index contributed by atoms with van der Waals surface area (Å²) in [6.45, 7) is 95.2. The lowest BCUT2D eigenvalue weighted by Gasteiger charge is -2.27. The number of hydrogen-bond acceptors (Lipinski definition) is 0. The van der Waals surface area contributed by atoms with Gasteiger partial charge in [0, 0.05) is 0 Å². The van der Waals surface area contributed by atoms with Crippen molar-refractivity contribution in [2.45, 2.75) is 367 Å². The molecule has 14 aromatic carbocycles. The number of rotatable bonds is 6. The molecule has 14 rings (SSSR count). The summed E-state index contributed by atoms with van der Waals surface area (Å²) in [7, 11) is 0. The maximum atomic E-state index is 2.34. The van der Waals surface area contributed by atoms with Crippen LogP contribution >= 0.6 is 0 Å². The van der Waals surface area contributed by atoms with Crippen LogP contribution in [-0.2, 0) is 75.8 Å². The Morgan fingerprint density at radius 3 is 0.507 bits per heavy atom. The van der Waals surface area contributed by atoms with Crippen LogP contribution in [0, 0.1) is 0 Å². The minimum Gasteiger partial charge on any atom is -0.0619 e. The second kappa shape index (κ2) is 44.4. The average molecular weight is 1840 g/mol. The fraction of sp³-hybridized carbons (Fsp3) is 0.406. The van der Waals surface area contributed by atoms with Crippen LogP contribution < -0.4 is 0 Å². The standard InChI is InChI=1S/6C20H26.C18H24/c1-19(2,3)17-11-7-15(8-12-17)16-9-13-18(14-10-16)20(4,5)6;1-19(2,3)17-11-7-9-15(13-17)16-10-8-12-18(14-16)20(4,5)6;1-19(2,3)17-13-9-7-11-15(17)16-12-8-10-14-18(16)20(4,5)6;1-19(2,3)16-11-9-10-15(14-16)17-12-7-8-13-18(17)20(4,5)6;1-19(2,3)17-12-10-15(11-13-17)16-8-7-9-18(14-16)20(4,5)6;1-19(2,3)16-13-11-15(12-14-16)17-9-7-8-10-18(17)20(4,5)6;1-17(2,3)15-11-12-16(18(4,5)6)14-10-8-7-9-13(14)15/h6*7-14H,1-6H3;7-12H,1-6H3. The Kier molecular flexibility index (Phi) is 36.3. The topological polar surface area (TPSA) is 0 Å². The maximum Gasteiger partial charge on any atom is -0.0126 e. The molecule has 0 aliphatic rings. The first kappa shape index (κ1) is 113. The molecule has 0 bridgehead atoms. The molecule has 0 spiro atoms. The third-order valence-electron chi connectivity index (χ3n) is 26.3. The molecule has 0 nitrogen and oxygen atoms in total. The van der Waals surface area contributed by atoms with Crippen LogP contribution in [0.2, 0.25) is 0 Å². The van der Waals surface area contributed by atoms with Gasteiger partial charge in [0.1, 0.15) is 0 Å². The van der Waals surface area contributed by atoms with Crippen molar-refractivity contribution in [1.29, 1.82) is 0 Å². The molecule has 0 heteroatoms. The van der Waals surface area contributed by atoms with E-state index in [4.69, 9.17) is 0 Å². The van der Waals surface area contributed by atoms with Gasteiger partial charge in [-0.3, -0.25) is 0 Å².